The Labute approximate surface area is 128 Å². The van der Waals surface area contributed by atoms with Crippen LogP contribution in [-0.2, 0) is 0 Å². The van der Waals surface area contributed by atoms with E-state index in [1.54, 1.807) is 6.07 Å². The Morgan fingerprint density at radius 1 is 1.29 bits per heavy atom. The number of phenols is 1. The van der Waals surface area contributed by atoms with Crippen LogP contribution in [0.1, 0.15) is 10.4 Å². The third kappa shape index (κ3) is 2.63. The first-order valence-electron chi connectivity index (χ1n) is 5.93. The number of nitrogens with one attached hydrogen (secondary N) is 1. The van der Waals surface area contributed by atoms with Crippen molar-refractivity contribution in [1.29, 1.82) is 0 Å². The summed E-state index contributed by atoms with van der Waals surface area (Å²) < 4.78 is 0.666. The lowest BCUT2D eigenvalue weighted by Gasteiger charge is -2.03. The highest BCUT2D eigenvalue weighted by molar-refractivity contribution is 7.22. The highest BCUT2D eigenvalue weighted by Crippen LogP contribution is 2.34. The number of hydrogen-bond acceptors (Lipinski definition) is 5. The van der Waals surface area contributed by atoms with E-state index in [-0.39, 0.29) is 11.3 Å². The van der Waals surface area contributed by atoms with Crippen molar-refractivity contribution in [3.63, 3.8) is 0 Å². The molecule has 21 heavy (non-hydrogen) atoms. The molecule has 7 heteroatoms. The van der Waals surface area contributed by atoms with E-state index < -0.39 is 5.97 Å². The molecule has 0 spiro atoms. The summed E-state index contributed by atoms with van der Waals surface area (Å²) in [6.07, 6.45) is 0. The van der Waals surface area contributed by atoms with Gasteiger partial charge in [0.25, 0.3) is 0 Å². The fourth-order valence-electron chi connectivity index (χ4n) is 1.87. The number of rotatable bonds is 3. The van der Waals surface area contributed by atoms with Gasteiger partial charge in [-0.25, -0.2) is 9.78 Å². The number of anilines is 2. The predicted octanol–water partition coefficient (Wildman–Crippen LogP) is 4.10. The first-order valence-corrected chi connectivity index (χ1v) is 7.12. The quantitative estimate of drug-likeness (QED) is 0.677. The third-order valence-corrected chi connectivity index (χ3v) is 4.11. The highest BCUT2D eigenvalue weighted by Gasteiger charge is 2.14. The summed E-state index contributed by atoms with van der Waals surface area (Å²) >= 11 is 7.35. The van der Waals surface area contributed by atoms with Gasteiger partial charge in [-0.2, -0.15) is 0 Å². The number of para-hydroxylation sites is 1. The second kappa shape index (κ2) is 5.23. The first-order chi connectivity index (χ1) is 10.0. The molecule has 106 valence electrons. The minimum Gasteiger partial charge on any atom is -0.507 e. The molecule has 0 saturated carbocycles. The van der Waals surface area contributed by atoms with Crippen LogP contribution >= 0.6 is 22.9 Å². The van der Waals surface area contributed by atoms with Gasteiger partial charge in [-0.15, -0.1) is 0 Å². The van der Waals surface area contributed by atoms with Crippen molar-refractivity contribution in [3.8, 4) is 5.75 Å². The number of thiazole rings is 1. The number of carbonyl (C=O) groups is 1. The standard InChI is InChI=1S/C14H9ClN2O3S/c15-8-3-1-2-4-9(8)16-14-17-10-6-11(18)7(13(19)20)5-12(10)21-14/h1-6,18H,(H,16,17)(H,19,20). The van der Waals surface area contributed by atoms with Gasteiger partial charge in [0, 0.05) is 6.07 Å². The van der Waals surface area contributed by atoms with Gasteiger partial charge < -0.3 is 15.5 Å². The van der Waals surface area contributed by atoms with E-state index in [0.717, 1.165) is 0 Å². The van der Waals surface area contributed by atoms with Crippen molar-refractivity contribution in [2.45, 2.75) is 0 Å². The molecular formula is C14H9ClN2O3S. The zero-order valence-corrected chi connectivity index (χ0v) is 12.1. The van der Waals surface area contributed by atoms with Crippen LogP contribution in [0.4, 0.5) is 10.8 Å². The van der Waals surface area contributed by atoms with Gasteiger partial charge >= 0.3 is 5.97 Å². The molecular weight excluding hydrogens is 312 g/mol. The molecule has 3 N–H and O–H groups in total. The molecule has 0 aliphatic rings. The number of carboxylic acid groups (broad SMARTS) is 1. The van der Waals surface area contributed by atoms with Crippen LogP contribution in [0.2, 0.25) is 5.02 Å². The van der Waals surface area contributed by atoms with E-state index in [1.165, 1.54) is 23.5 Å². The number of hydrogen-bond donors (Lipinski definition) is 3. The number of aromatic nitrogens is 1. The molecule has 0 saturated heterocycles. The normalized spacial score (nSPS) is 10.7. The Kier molecular flexibility index (Phi) is 3.40. The lowest BCUT2D eigenvalue weighted by atomic mass is 10.2. The van der Waals surface area contributed by atoms with Gasteiger partial charge in [-0.05, 0) is 18.2 Å². The maximum Gasteiger partial charge on any atom is 0.339 e. The number of carboxylic acids is 1. The maximum absolute atomic E-state index is 11.0. The maximum atomic E-state index is 11.0. The van der Waals surface area contributed by atoms with Crippen molar-refractivity contribution < 1.29 is 15.0 Å². The molecule has 1 heterocycles. The lowest BCUT2D eigenvalue weighted by molar-refractivity contribution is 0.0694. The zero-order valence-electron chi connectivity index (χ0n) is 10.5. The molecule has 0 amide bonds. The molecule has 0 aliphatic carbocycles. The summed E-state index contributed by atoms with van der Waals surface area (Å²) in [5, 5.41) is 22.9. The van der Waals surface area contributed by atoms with Crippen LogP contribution < -0.4 is 5.32 Å². The topological polar surface area (TPSA) is 82.5 Å². The number of benzene rings is 2. The number of fused-ring (bicyclic) bond motifs is 1. The SMILES string of the molecule is O=C(O)c1cc2sc(Nc3ccccc3Cl)nc2cc1O. The second-order valence-electron chi connectivity index (χ2n) is 4.27. The average Bonchev–Trinajstić information content (AvgIpc) is 2.81. The van der Waals surface area contributed by atoms with Crippen LogP contribution in [0.3, 0.4) is 0 Å². The van der Waals surface area contributed by atoms with Crippen LogP contribution in [0.5, 0.6) is 5.75 Å². The summed E-state index contributed by atoms with van der Waals surface area (Å²) in [5.41, 5.74) is 1.09. The van der Waals surface area contributed by atoms with Crippen LogP contribution in [0.25, 0.3) is 10.2 Å². The number of nitrogens with zero attached hydrogens (tertiary/aromatic N) is 1. The minimum atomic E-state index is -1.18. The van der Waals surface area contributed by atoms with Gasteiger partial charge in [0.05, 0.1) is 20.9 Å². The molecule has 0 aliphatic heterocycles. The Hall–Kier alpha value is -2.31. The highest BCUT2D eigenvalue weighted by atomic mass is 35.5. The molecule has 0 bridgehead atoms. The Balaban J connectivity index is 2.02. The van der Waals surface area contributed by atoms with E-state index in [9.17, 15) is 9.90 Å². The Bertz CT molecular complexity index is 847. The van der Waals surface area contributed by atoms with E-state index in [1.807, 2.05) is 18.2 Å². The van der Waals surface area contributed by atoms with Gasteiger partial charge in [-0.3, -0.25) is 0 Å². The van der Waals surface area contributed by atoms with E-state index in [2.05, 4.69) is 10.3 Å². The second-order valence-corrected chi connectivity index (χ2v) is 5.70. The summed E-state index contributed by atoms with van der Waals surface area (Å²) in [7, 11) is 0. The number of aromatic carboxylic acids is 1. The van der Waals surface area contributed by atoms with Crippen LogP contribution in [0, 0.1) is 0 Å². The van der Waals surface area contributed by atoms with Crippen LogP contribution in [0.15, 0.2) is 36.4 Å². The van der Waals surface area contributed by atoms with Gasteiger partial charge in [0.2, 0.25) is 0 Å². The Morgan fingerprint density at radius 2 is 2.05 bits per heavy atom. The van der Waals surface area contributed by atoms with E-state index in [4.69, 9.17) is 16.7 Å². The van der Waals surface area contributed by atoms with E-state index in [0.29, 0.717) is 26.1 Å². The van der Waals surface area contributed by atoms with Crippen molar-refractivity contribution in [1.82, 2.24) is 4.98 Å². The molecule has 0 radical (unpaired) electrons. The molecule has 0 atom stereocenters. The molecule has 2 aromatic carbocycles. The zero-order chi connectivity index (χ0) is 15.0. The molecule has 5 nitrogen and oxygen atoms in total. The molecule has 3 aromatic rings. The van der Waals surface area contributed by atoms with Crippen molar-refractivity contribution in [2.75, 3.05) is 5.32 Å². The summed E-state index contributed by atoms with van der Waals surface area (Å²) in [4.78, 5) is 15.3. The fraction of sp³-hybridized carbons (Fsp3) is 0. The fourth-order valence-corrected chi connectivity index (χ4v) is 2.95. The summed E-state index contributed by atoms with van der Waals surface area (Å²) in [6, 6.07) is 9.98. The predicted molar refractivity (Wildman–Crippen MR) is 83.0 cm³/mol. The molecule has 0 unspecified atom stereocenters. The molecule has 0 fully saturated rings. The third-order valence-electron chi connectivity index (χ3n) is 2.85. The van der Waals surface area contributed by atoms with Crippen molar-refractivity contribution >= 4 is 49.9 Å². The average molecular weight is 321 g/mol. The monoisotopic (exact) mass is 320 g/mol. The molecule has 1 aromatic heterocycles. The van der Waals surface area contributed by atoms with Gasteiger partial charge in [0.15, 0.2) is 5.13 Å². The van der Waals surface area contributed by atoms with Gasteiger partial charge in [0.1, 0.15) is 11.3 Å². The number of halogens is 1. The largest absolute Gasteiger partial charge is 0.507 e. The first kappa shape index (κ1) is 13.7. The van der Waals surface area contributed by atoms with Crippen molar-refractivity contribution in [3.05, 3.63) is 47.0 Å². The van der Waals surface area contributed by atoms with Crippen LogP contribution in [-0.4, -0.2) is 21.2 Å². The Morgan fingerprint density at radius 3 is 2.76 bits per heavy atom. The smallest absolute Gasteiger partial charge is 0.339 e. The number of aromatic hydroxyl groups is 1. The van der Waals surface area contributed by atoms with Crippen molar-refractivity contribution in [2.24, 2.45) is 0 Å². The van der Waals surface area contributed by atoms with Gasteiger partial charge in [-0.1, -0.05) is 35.1 Å². The van der Waals surface area contributed by atoms with E-state index >= 15 is 0 Å². The minimum absolute atomic E-state index is 0.143. The summed E-state index contributed by atoms with van der Waals surface area (Å²) in [5.74, 6) is -1.48. The lowest BCUT2D eigenvalue weighted by Crippen LogP contribution is -1.95. The molecule has 3 rings (SSSR count). The summed E-state index contributed by atoms with van der Waals surface area (Å²) in [6.45, 7) is 0.